The fraction of sp³-hybridized carbons (Fsp3) is 0.333. The molecule has 1 aromatic rings. The van der Waals surface area contributed by atoms with Crippen molar-refractivity contribution < 1.29 is 12.8 Å². The average Bonchev–Trinajstić information content (AvgIpc) is 2.40. The minimum Gasteiger partial charge on any atom is -0.330 e. The summed E-state index contributed by atoms with van der Waals surface area (Å²) in [6.45, 7) is 0.160. The Kier molecular flexibility index (Phi) is 2.08. The van der Waals surface area contributed by atoms with Crippen molar-refractivity contribution in [3.05, 3.63) is 29.6 Å². The van der Waals surface area contributed by atoms with Gasteiger partial charge in [0.05, 0.1) is 10.6 Å². The van der Waals surface area contributed by atoms with E-state index in [1.165, 1.54) is 18.2 Å². The zero-order chi connectivity index (χ0) is 10.3. The molecule has 76 valence electrons. The Morgan fingerprint density at radius 3 is 2.86 bits per heavy atom. The van der Waals surface area contributed by atoms with Crippen LogP contribution in [0.2, 0.25) is 0 Å². The molecule has 14 heavy (non-hydrogen) atoms. The second kappa shape index (κ2) is 3.03. The first-order valence-electron chi connectivity index (χ1n) is 4.27. The van der Waals surface area contributed by atoms with E-state index in [2.05, 4.69) is 0 Å². The first kappa shape index (κ1) is 9.61. The predicted octanol–water partition coefficient (Wildman–Crippen LogP) is 0.655. The van der Waals surface area contributed by atoms with E-state index in [4.69, 9.17) is 5.73 Å². The summed E-state index contributed by atoms with van der Waals surface area (Å²) in [5.74, 6) is -0.935. The van der Waals surface area contributed by atoms with Crippen LogP contribution in [0.5, 0.6) is 0 Å². The molecule has 0 bridgehead atoms. The van der Waals surface area contributed by atoms with Crippen molar-refractivity contribution in [1.29, 1.82) is 0 Å². The minimum atomic E-state index is -3.31. The van der Waals surface area contributed by atoms with E-state index < -0.39 is 21.6 Å². The lowest BCUT2D eigenvalue weighted by molar-refractivity contribution is 0.589. The van der Waals surface area contributed by atoms with E-state index in [9.17, 15) is 12.8 Å². The van der Waals surface area contributed by atoms with Crippen LogP contribution in [0, 0.1) is 5.82 Å². The number of rotatable bonds is 1. The maximum atomic E-state index is 13.4. The Hall–Kier alpha value is -0.940. The lowest BCUT2D eigenvalue weighted by Crippen LogP contribution is -2.14. The van der Waals surface area contributed by atoms with Crippen LogP contribution in [-0.2, 0) is 9.84 Å². The number of halogens is 1. The number of fused-ring (bicyclic) bond motifs is 1. The van der Waals surface area contributed by atoms with Crippen LogP contribution in [0.3, 0.4) is 0 Å². The molecule has 1 unspecified atom stereocenters. The van der Waals surface area contributed by atoms with E-state index in [1.807, 2.05) is 0 Å². The topological polar surface area (TPSA) is 60.2 Å². The summed E-state index contributed by atoms with van der Waals surface area (Å²) in [7, 11) is -3.31. The van der Waals surface area contributed by atoms with Gasteiger partial charge in [-0.05, 0) is 12.1 Å². The van der Waals surface area contributed by atoms with Gasteiger partial charge in [0, 0.05) is 18.0 Å². The zero-order valence-corrected chi connectivity index (χ0v) is 8.22. The lowest BCUT2D eigenvalue weighted by atomic mass is 10.0. The molecule has 2 rings (SSSR count). The van der Waals surface area contributed by atoms with E-state index in [0.29, 0.717) is 0 Å². The standard InChI is InChI=1S/C9H10FNO2S/c10-7-2-1-3-8-9(7)6(4-11)5-14(8,12)13/h1-3,6H,4-5,11H2. The van der Waals surface area contributed by atoms with Crippen LogP contribution < -0.4 is 5.73 Å². The highest BCUT2D eigenvalue weighted by atomic mass is 32.2. The molecular formula is C9H10FNO2S. The van der Waals surface area contributed by atoms with Crippen molar-refractivity contribution in [2.45, 2.75) is 10.8 Å². The highest BCUT2D eigenvalue weighted by Gasteiger charge is 2.35. The second-order valence-electron chi connectivity index (χ2n) is 3.37. The summed E-state index contributed by atoms with van der Waals surface area (Å²) < 4.78 is 36.5. The van der Waals surface area contributed by atoms with Gasteiger partial charge in [-0.25, -0.2) is 12.8 Å². The lowest BCUT2D eigenvalue weighted by Gasteiger charge is -2.05. The summed E-state index contributed by atoms with van der Waals surface area (Å²) in [6, 6.07) is 4.11. The summed E-state index contributed by atoms with van der Waals surface area (Å²) in [5.41, 5.74) is 5.67. The molecule has 1 aliphatic heterocycles. The van der Waals surface area contributed by atoms with Gasteiger partial charge in [-0.2, -0.15) is 0 Å². The Balaban J connectivity index is 2.71. The third kappa shape index (κ3) is 1.24. The smallest absolute Gasteiger partial charge is 0.179 e. The second-order valence-corrected chi connectivity index (χ2v) is 5.37. The molecule has 1 aliphatic rings. The monoisotopic (exact) mass is 215 g/mol. The molecule has 0 amide bonds. The maximum absolute atomic E-state index is 13.4. The highest BCUT2D eigenvalue weighted by Crippen LogP contribution is 2.35. The molecule has 0 saturated heterocycles. The van der Waals surface area contributed by atoms with Crippen LogP contribution >= 0.6 is 0 Å². The van der Waals surface area contributed by atoms with Crippen molar-refractivity contribution in [1.82, 2.24) is 0 Å². The molecule has 0 aromatic heterocycles. The number of hydrogen-bond acceptors (Lipinski definition) is 3. The van der Waals surface area contributed by atoms with Gasteiger partial charge in [0.25, 0.3) is 0 Å². The van der Waals surface area contributed by atoms with Gasteiger partial charge in [0.15, 0.2) is 9.84 Å². The molecule has 3 nitrogen and oxygen atoms in total. The molecule has 1 atom stereocenters. The molecule has 1 aromatic carbocycles. The van der Waals surface area contributed by atoms with E-state index in [-0.39, 0.29) is 22.8 Å². The van der Waals surface area contributed by atoms with Crippen molar-refractivity contribution in [3.63, 3.8) is 0 Å². The normalized spacial score (nSPS) is 23.4. The molecular weight excluding hydrogens is 205 g/mol. The number of sulfone groups is 1. The third-order valence-electron chi connectivity index (χ3n) is 2.46. The van der Waals surface area contributed by atoms with Gasteiger partial charge in [-0.3, -0.25) is 0 Å². The fourth-order valence-corrected chi connectivity index (χ4v) is 3.71. The molecule has 0 saturated carbocycles. The van der Waals surface area contributed by atoms with Crippen LogP contribution in [0.25, 0.3) is 0 Å². The number of hydrogen-bond donors (Lipinski definition) is 1. The van der Waals surface area contributed by atoms with E-state index in [0.717, 1.165) is 0 Å². The molecule has 2 N–H and O–H groups in total. The quantitative estimate of drug-likeness (QED) is 0.748. The van der Waals surface area contributed by atoms with Crippen LogP contribution in [0.1, 0.15) is 11.5 Å². The molecule has 0 fully saturated rings. The third-order valence-corrected chi connectivity index (χ3v) is 4.33. The van der Waals surface area contributed by atoms with E-state index in [1.54, 1.807) is 0 Å². The molecule has 0 radical (unpaired) electrons. The van der Waals surface area contributed by atoms with Gasteiger partial charge in [0.1, 0.15) is 5.82 Å². The van der Waals surface area contributed by atoms with Gasteiger partial charge < -0.3 is 5.73 Å². The van der Waals surface area contributed by atoms with Gasteiger partial charge in [-0.1, -0.05) is 6.07 Å². The summed E-state index contributed by atoms with van der Waals surface area (Å²) in [5, 5.41) is 0. The molecule has 0 aliphatic carbocycles. The van der Waals surface area contributed by atoms with Crippen molar-refractivity contribution in [2.24, 2.45) is 5.73 Å². The van der Waals surface area contributed by atoms with Gasteiger partial charge >= 0.3 is 0 Å². The highest BCUT2D eigenvalue weighted by molar-refractivity contribution is 7.91. The fourth-order valence-electron chi connectivity index (χ4n) is 1.81. The Morgan fingerprint density at radius 1 is 1.50 bits per heavy atom. The van der Waals surface area contributed by atoms with E-state index >= 15 is 0 Å². The summed E-state index contributed by atoms with van der Waals surface area (Å²) in [6.07, 6.45) is 0. The maximum Gasteiger partial charge on any atom is 0.179 e. The predicted molar refractivity (Wildman–Crippen MR) is 50.2 cm³/mol. The number of nitrogens with two attached hydrogens (primary N) is 1. The molecule has 1 heterocycles. The zero-order valence-electron chi connectivity index (χ0n) is 7.40. The van der Waals surface area contributed by atoms with Gasteiger partial charge in [0.2, 0.25) is 0 Å². The van der Waals surface area contributed by atoms with Crippen molar-refractivity contribution in [2.75, 3.05) is 12.3 Å². The number of benzene rings is 1. The minimum absolute atomic E-state index is 0.0697. The molecule has 5 heteroatoms. The summed E-state index contributed by atoms with van der Waals surface area (Å²) in [4.78, 5) is 0.105. The van der Waals surface area contributed by atoms with Crippen LogP contribution in [0.15, 0.2) is 23.1 Å². The van der Waals surface area contributed by atoms with Crippen LogP contribution in [0.4, 0.5) is 4.39 Å². The van der Waals surface area contributed by atoms with Crippen LogP contribution in [-0.4, -0.2) is 20.7 Å². The Bertz CT molecular complexity index is 470. The van der Waals surface area contributed by atoms with Crippen molar-refractivity contribution >= 4 is 9.84 Å². The first-order chi connectivity index (χ1) is 6.56. The Morgan fingerprint density at radius 2 is 2.21 bits per heavy atom. The van der Waals surface area contributed by atoms with Crippen molar-refractivity contribution in [3.8, 4) is 0 Å². The average molecular weight is 215 g/mol. The summed E-state index contributed by atoms with van der Waals surface area (Å²) >= 11 is 0. The Labute approximate surface area is 81.7 Å². The largest absolute Gasteiger partial charge is 0.330 e. The van der Waals surface area contributed by atoms with Gasteiger partial charge in [-0.15, -0.1) is 0 Å². The molecule has 0 spiro atoms. The SMILES string of the molecule is NCC1CS(=O)(=O)c2cccc(F)c21. The first-order valence-corrected chi connectivity index (χ1v) is 5.92.